The number of fused-ring (bicyclic) bond motifs is 1. The number of amides is 1. The number of rotatable bonds is 3. The number of anilines is 1. The highest BCUT2D eigenvalue weighted by atomic mass is 19.4. The molecular weight excluding hydrogens is 409 g/mol. The average Bonchev–Trinajstić information content (AvgIpc) is 3.37. The van der Waals surface area contributed by atoms with E-state index in [9.17, 15) is 18.0 Å². The Bertz CT molecular complexity index is 1160. The van der Waals surface area contributed by atoms with Gasteiger partial charge in [-0.1, -0.05) is 0 Å². The summed E-state index contributed by atoms with van der Waals surface area (Å²) in [6, 6.07) is 6.93. The molecule has 0 spiro atoms. The average molecular weight is 420 g/mol. The van der Waals surface area contributed by atoms with Gasteiger partial charge in [-0.15, -0.1) is 5.10 Å². The molecule has 0 bridgehead atoms. The third kappa shape index (κ3) is 4.92. The third-order valence-electron chi connectivity index (χ3n) is 3.37. The van der Waals surface area contributed by atoms with Crippen LogP contribution in [-0.4, -0.2) is 57.5 Å². The van der Waals surface area contributed by atoms with Gasteiger partial charge in [0, 0.05) is 12.4 Å². The lowest BCUT2D eigenvalue weighted by atomic mass is 10.3. The first-order valence-corrected chi connectivity index (χ1v) is 7.97. The molecule has 0 aliphatic heterocycles. The van der Waals surface area contributed by atoms with Crippen LogP contribution in [0.2, 0.25) is 0 Å². The number of carboxylic acid groups (broad SMARTS) is 1. The predicted molar refractivity (Wildman–Crippen MR) is 93.8 cm³/mol. The van der Waals surface area contributed by atoms with Gasteiger partial charge in [-0.3, -0.25) is 9.78 Å². The van der Waals surface area contributed by atoms with Crippen LogP contribution >= 0.6 is 0 Å². The van der Waals surface area contributed by atoms with E-state index in [0.717, 1.165) is 0 Å². The van der Waals surface area contributed by atoms with Gasteiger partial charge in [0.05, 0.1) is 11.8 Å². The summed E-state index contributed by atoms with van der Waals surface area (Å²) < 4.78 is 34.8. The molecule has 1 amide bonds. The number of imidazole rings is 1. The number of hydrogen-bond donors (Lipinski definition) is 2. The zero-order chi connectivity index (χ0) is 21.7. The van der Waals surface area contributed by atoms with Gasteiger partial charge in [0.15, 0.2) is 17.3 Å². The fourth-order valence-electron chi connectivity index (χ4n) is 2.07. The van der Waals surface area contributed by atoms with E-state index in [2.05, 4.69) is 30.5 Å². The lowest BCUT2D eigenvalue weighted by Crippen LogP contribution is -2.21. The van der Waals surface area contributed by atoms with Gasteiger partial charge in [0.25, 0.3) is 5.91 Å². The smallest absolute Gasteiger partial charge is 0.475 e. The molecule has 0 saturated heterocycles. The third-order valence-corrected chi connectivity index (χ3v) is 3.37. The number of nitrogens with zero attached hydrogens (tertiary/aromatic N) is 7. The fourth-order valence-corrected chi connectivity index (χ4v) is 2.07. The Morgan fingerprint density at radius 1 is 1.13 bits per heavy atom. The Morgan fingerprint density at radius 3 is 2.50 bits per heavy atom. The maximum Gasteiger partial charge on any atom is 0.490 e. The Kier molecular flexibility index (Phi) is 5.66. The van der Waals surface area contributed by atoms with Crippen molar-refractivity contribution in [1.82, 2.24) is 34.3 Å². The highest BCUT2D eigenvalue weighted by Crippen LogP contribution is 2.13. The number of hydrogen-bond acceptors (Lipinski definition) is 7. The molecule has 0 unspecified atom stereocenters. The monoisotopic (exact) mass is 420 g/mol. The minimum Gasteiger partial charge on any atom is -0.475 e. The first-order chi connectivity index (χ1) is 14.2. The zero-order valence-electron chi connectivity index (χ0n) is 14.7. The summed E-state index contributed by atoms with van der Waals surface area (Å²) in [4.78, 5) is 33.1. The number of carbonyl (C=O) groups is 2. The molecule has 0 radical (unpaired) electrons. The Morgan fingerprint density at radius 2 is 1.90 bits per heavy atom. The summed E-state index contributed by atoms with van der Waals surface area (Å²) in [6.07, 6.45) is 2.63. The van der Waals surface area contributed by atoms with Crippen LogP contribution in [0.15, 0.2) is 55.5 Å². The Labute approximate surface area is 164 Å². The molecule has 11 nitrogen and oxygen atoms in total. The molecule has 4 aromatic heterocycles. The number of carbonyl (C=O) groups excluding carboxylic acids is 1. The highest BCUT2D eigenvalue weighted by molar-refractivity contribution is 6.03. The van der Waals surface area contributed by atoms with E-state index < -0.39 is 12.1 Å². The Hall–Kier alpha value is -4.36. The summed E-state index contributed by atoms with van der Waals surface area (Å²) in [5.74, 6) is -2.04. The van der Waals surface area contributed by atoms with Crippen molar-refractivity contribution in [2.24, 2.45) is 0 Å². The molecule has 154 valence electrons. The molecule has 4 rings (SSSR count). The Balaban J connectivity index is 0.000000318. The van der Waals surface area contributed by atoms with Crippen LogP contribution in [0.1, 0.15) is 10.4 Å². The number of aromatic nitrogens is 7. The van der Waals surface area contributed by atoms with Crippen molar-refractivity contribution in [2.75, 3.05) is 5.32 Å². The quantitative estimate of drug-likeness (QED) is 0.509. The summed E-state index contributed by atoms with van der Waals surface area (Å²) in [7, 11) is 0. The summed E-state index contributed by atoms with van der Waals surface area (Å²) in [5, 5.41) is 18.2. The van der Waals surface area contributed by atoms with Gasteiger partial charge in [-0.2, -0.15) is 18.3 Å². The van der Waals surface area contributed by atoms with Crippen LogP contribution in [0.25, 0.3) is 11.5 Å². The maximum atomic E-state index is 12.1. The number of pyridine rings is 1. The van der Waals surface area contributed by atoms with E-state index in [1.54, 1.807) is 47.5 Å². The summed E-state index contributed by atoms with van der Waals surface area (Å²) >= 11 is 0. The number of carboxylic acids is 1. The second-order valence-electron chi connectivity index (χ2n) is 5.46. The molecule has 0 aromatic carbocycles. The van der Waals surface area contributed by atoms with Crippen LogP contribution in [-0.2, 0) is 4.79 Å². The van der Waals surface area contributed by atoms with Gasteiger partial charge in [0.2, 0.25) is 0 Å². The minimum atomic E-state index is -5.08. The molecule has 0 aliphatic rings. The van der Waals surface area contributed by atoms with Gasteiger partial charge in [0.1, 0.15) is 12.7 Å². The topological polar surface area (TPSA) is 140 Å². The van der Waals surface area contributed by atoms with Crippen molar-refractivity contribution in [3.05, 3.63) is 61.1 Å². The van der Waals surface area contributed by atoms with Crippen molar-refractivity contribution in [3.63, 3.8) is 0 Å². The lowest BCUT2D eigenvalue weighted by Gasteiger charge is -1.99. The van der Waals surface area contributed by atoms with Crippen LogP contribution in [0.5, 0.6) is 0 Å². The van der Waals surface area contributed by atoms with E-state index in [1.807, 2.05) is 0 Å². The molecular formula is C16H11F3N8O3. The van der Waals surface area contributed by atoms with E-state index in [0.29, 0.717) is 22.8 Å². The van der Waals surface area contributed by atoms with Gasteiger partial charge >= 0.3 is 12.1 Å². The second-order valence-corrected chi connectivity index (χ2v) is 5.46. The molecule has 2 N–H and O–H groups in total. The zero-order valence-corrected chi connectivity index (χ0v) is 14.7. The maximum absolute atomic E-state index is 12.1. The SMILES string of the molecule is O=C(Nc1cn2nc(-n3cncn3)ccc2n1)c1cccnc1.O=C(O)C(F)(F)F. The molecule has 0 fully saturated rings. The molecule has 14 heteroatoms. The predicted octanol–water partition coefficient (Wildman–Crippen LogP) is 1.59. The van der Waals surface area contributed by atoms with Gasteiger partial charge < -0.3 is 10.4 Å². The minimum absolute atomic E-state index is 0.280. The number of alkyl halides is 3. The summed E-state index contributed by atoms with van der Waals surface area (Å²) in [6.45, 7) is 0. The molecule has 0 aliphatic carbocycles. The molecule has 30 heavy (non-hydrogen) atoms. The van der Waals surface area contributed by atoms with Crippen LogP contribution < -0.4 is 5.32 Å². The normalized spacial score (nSPS) is 10.9. The molecule has 4 heterocycles. The number of nitrogens with one attached hydrogen (secondary N) is 1. The standard InChI is InChI=1S/C14H10N8O.C2HF3O2/c23-14(10-2-1-5-15-6-10)19-11-7-21-12(18-11)3-4-13(20-21)22-9-16-8-17-22;3-2(4,5)1(6)7/h1-9H,(H,19,23);(H,6,7). The van der Waals surface area contributed by atoms with E-state index in [-0.39, 0.29) is 5.91 Å². The molecule has 0 atom stereocenters. The summed E-state index contributed by atoms with van der Waals surface area (Å²) in [5.41, 5.74) is 1.07. The van der Waals surface area contributed by atoms with E-state index >= 15 is 0 Å². The van der Waals surface area contributed by atoms with Crippen molar-refractivity contribution >= 4 is 23.3 Å². The van der Waals surface area contributed by atoms with Crippen molar-refractivity contribution < 1.29 is 27.9 Å². The fraction of sp³-hybridized carbons (Fsp3) is 0.0625. The largest absolute Gasteiger partial charge is 0.490 e. The van der Waals surface area contributed by atoms with Crippen LogP contribution in [0.3, 0.4) is 0 Å². The highest BCUT2D eigenvalue weighted by Gasteiger charge is 2.38. The molecule has 4 aromatic rings. The van der Waals surface area contributed by atoms with Crippen molar-refractivity contribution in [1.29, 1.82) is 0 Å². The van der Waals surface area contributed by atoms with Crippen molar-refractivity contribution in [3.8, 4) is 5.82 Å². The second kappa shape index (κ2) is 8.34. The molecule has 0 saturated carbocycles. The van der Waals surface area contributed by atoms with Crippen LogP contribution in [0, 0.1) is 0 Å². The number of aliphatic carboxylic acids is 1. The first kappa shape index (κ1) is 20.4. The van der Waals surface area contributed by atoms with Gasteiger partial charge in [-0.25, -0.2) is 24.0 Å². The number of halogens is 3. The first-order valence-electron chi connectivity index (χ1n) is 7.97. The van der Waals surface area contributed by atoms with Gasteiger partial charge in [-0.05, 0) is 24.3 Å². The van der Waals surface area contributed by atoms with E-state index in [4.69, 9.17) is 9.90 Å². The lowest BCUT2D eigenvalue weighted by molar-refractivity contribution is -0.192. The van der Waals surface area contributed by atoms with Crippen LogP contribution in [0.4, 0.5) is 19.0 Å². The van der Waals surface area contributed by atoms with Crippen molar-refractivity contribution in [2.45, 2.75) is 6.18 Å². The van der Waals surface area contributed by atoms with E-state index in [1.165, 1.54) is 17.2 Å².